The first-order chi connectivity index (χ1) is 16.3. The predicted molar refractivity (Wildman–Crippen MR) is 131 cm³/mol. The number of esters is 1. The smallest absolute Gasteiger partial charge is 0.337 e. The maximum Gasteiger partial charge on any atom is 0.337 e. The number of urea groups is 1. The average molecular weight is 553 g/mol. The SMILES string of the molecule is CCOc1cc([C@H]2NC(=O)NC(C)=C2C(=O)OC)ccc1OC[C@@H](O)N/N=C\c1ccc(Br)s1. The van der Waals surface area contributed by atoms with Crippen molar-refractivity contribution in [2.75, 3.05) is 20.3 Å². The maximum atomic E-state index is 12.3. The van der Waals surface area contributed by atoms with Crippen molar-refractivity contribution >= 4 is 45.5 Å². The van der Waals surface area contributed by atoms with Crippen LogP contribution in [0, 0.1) is 0 Å². The minimum atomic E-state index is -1.06. The highest BCUT2D eigenvalue weighted by Gasteiger charge is 2.32. The number of hydrogen-bond donors (Lipinski definition) is 4. The van der Waals surface area contributed by atoms with E-state index in [0.717, 1.165) is 8.66 Å². The highest BCUT2D eigenvalue weighted by molar-refractivity contribution is 9.11. The topological polar surface area (TPSA) is 131 Å². The molecule has 3 rings (SSSR count). The number of methoxy groups -OCH3 is 1. The van der Waals surface area contributed by atoms with Gasteiger partial charge in [0, 0.05) is 10.6 Å². The fourth-order valence-electron chi connectivity index (χ4n) is 3.21. The Hall–Kier alpha value is -3.09. The predicted octanol–water partition coefficient (Wildman–Crippen LogP) is 3.03. The summed E-state index contributed by atoms with van der Waals surface area (Å²) in [5.41, 5.74) is 3.90. The summed E-state index contributed by atoms with van der Waals surface area (Å²) in [7, 11) is 1.28. The van der Waals surface area contributed by atoms with Gasteiger partial charge in [0.2, 0.25) is 0 Å². The van der Waals surface area contributed by atoms with Crippen LogP contribution in [-0.2, 0) is 9.53 Å². The van der Waals surface area contributed by atoms with Crippen LogP contribution in [0.2, 0.25) is 0 Å². The summed E-state index contributed by atoms with van der Waals surface area (Å²) in [5, 5.41) is 19.5. The molecule has 1 aliphatic heterocycles. The van der Waals surface area contributed by atoms with Crippen molar-refractivity contribution in [2.24, 2.45) is 5.10 Å². The first-order valence-corrected chi connectivity index (χ1v) is 11.9. The van der Waals surface area contributed by atoms with Crippen molar-refractivity contribution in [1.29, 1.82) is 0 Å². The average Bonchev–Trinajstić information content (AvgIpc) is 3.22. The Labute approximate surface area is 209 Å². The summed E-state index contributed by atoms with van der Waals surface area (Å²) in [4.78, 5) is 25.3. The quantitative estimate of drug-likeness (QED) is 0.154. The number of ether oxygens (including phenoxy) is 3. The highest BCUT2D eigenvalue weighted by Crippen LogP contribution is 2.34. The van der Waals surface area contributed by atoms with Gasteiger partial charge < -0.3 is 30.0 Å². The van der Waals surface area contributed by atoms with E-state index in [1.807, 2.05) is 19.1 Å². The Balaban J connectivity index is 1.72. The third kappa shape index (κ3) is 6.49. The Morgan fingerprint density at radius 1 is 1.32 bits per heavy atom. The fraction of sp³-hybridized carbons (Fsp3) is 0.318. The van der Waals surface area contributed by atoms with Crippen molar-refractivity contribution in [1.82, 2.24) is 16.1 Å². The molecule has 10 nitrogen and oxygen atoms in total. The minimum Gasteiger partial charge on any atom is -0.490 e. The van der Waals surface area contributed by atoms with Gasteiger partial charge in [-0.25, -0.2) is 9.59 Å². The third-order valence-corrected chi connectivity index (χ3v) is 6.24. The molecular weight excluding hydrogens is 528 g/mol. The van der Waals surface area contributed by atoms with Crippen LogP contribution in [0.1, 0.15) is 30.3 Å². The van der Waals surface area contributed by atoms with Crippen LogP contribution in [0.15, 0.2) is 50.5 Å². The van der Waals surface area contributed by atoms with Crippen LogP contribution in [0.5, 0.6) is 11.5 Å². The molecule has 2 aromatic rings. The molecule has 0 aliphatic carbocycles. The number of hydrogen-bond acceptors (Lipinski definition) is 9. The van der Waals surface area contributed by atoms with Crippen molar-refractivity contribution in [3.8, 4) is 11.5 Å². The van der Waals surface area contributed by atoms with Gasteiger partial charge in [0.15, 0.2) is 17.7 Å². The maximum absolute atomic E-state index is 12.3. The third-order valence-electron chi connectivity index (χ3n) is 4.68. The Morgan fingerprint density at radius 2 is 2.12 bits per heavy atom. The molecule has 0 bridgehead atoms. The standard InChI is InChI=1S/C22H25BrN4O6S/c1-4-32-16-9-13(20-19(21(29)31-3)12(2)25-22(30)26-20)5-7-15(16)33-11-18(28)27-24-10-14-6-8-17(23)34-14/h5-10,18,20,27-28H,4,11H2,1-3H3,(H2,25,26,30)/b24-10-/t18-,20-/m1/s1. The lowest BCUT2D eigenvalue weighted by atomic mass is 9.95. The van der Waals surface area contributed by atoms with E-state index in [4.69, 9.17) is 14.2 Å². The molecule has 0 spiro atoms. The number of hydrazone groups is 1. The lowest BCUT2D eigenvalue weighted by molar-refractivity contribution is -0.136. The molecule has 1 aromatic heterocycles. The molecule has 12 heteroatoms. The number of aliphatic hydroxyl groups is 1. The molecule has 1 aromatic carbocycles. The lowest BCUT2D eigenvalue weighted by Gasteiger charge is -2.28. The van der Waals surface area contributed by atoms with E-state index in [-0.39, 0.29) is 12.2 Å². The second-order valence-corrected chi connectivity index (χ2v) is 9.55. The number of nitrogens with zero attached hydrogens (tertiary/aromatic N) is 1. The van der Waals surface area contributed by atoms with Crippen molar-refractivity contribution in [2.45, 2.75) is 26.1 Å². The van der Waals surface area contributed by atoms with Crippen molar-refractivity contribution < 1.29 is 28.9 Å². The molecule has 2 amide bonds. The number of thiophene rings is 1. The number of carbonyl (C=O) groups excluding carboxylic acids is 2. The normalized spacial score (nSPS) is 16.6. The van der Waals surface area contributed by atoms with E-state index in [2.05, 4.69) is 37.1 Å². The number of halogens is 1. The molecule has 2 atom stereocenters. The molecule has 1 aliphatic rings. The summed E-state index contributed by atoms with van der Waals surface area (Å²) < 4.78 is 17.3. The molecule has 0 saturated carbocycles. The van der Waals surface area contributed by atoms with Crippen LogP contribution in [0.25, 0.3) is 0 Å². The van der Waals surface area contributed by atoms with E-state index >= 15 is 0 Å². The first-order valence-electron chi connectivity index (χ1n) is 10.3. The van der Waals surface area contributed by atoms with E-state index < -0.39 is 24.3 Å². The van der Waals surface area contributed by atoms with Gasteiger partial charge in [-0.3, -0.25) is 5.43 Å². The van der Waals surface area contributed by atoms with Crippen molar-refractivity contribution in [3.63, 3.8) is 0 Å². The summed E-state index contributed by atoms with van der Waals surface area (Å²) in [6.07, 6.45) is 0.537. The number of allylic oxidation sites excluding steroid dienone is 1. The number of rotatable bonds is 10. The minimum absolute atomic E-state index is 0.0958. The summed E-state index contributed by atoms with van der Waals surface area (Å²) in [6.45, 7) is 3.72. The van der Waals surface area contributed by atoms with Crippen LogP contribution in [-0.4, -0.2) is 49.9 Å². The largest absolute Gasteiger partial charge is 0.490 e. The Bertz CT molecular complexity index is 1100. The molecule has 34 heavy (non-hydrogen) atoms. The van der Waals surface area contributed by atoms with Gasteiger partial charge in [0.05, 0.1) is 35.3 Å². The lowest BCUT2D eigenvalue weighted by Crippen LogP contribution is -2.45. The number of carbonyl (C=O) groups is 2. The zero-order valence-corrected chi connectivity index (χ0v) is 21.2. The zero-order chi connectivity index (χ0) is 24.7. The van der Waals surface area contributed by atoms with Gasteiger partial charge in [0.25, 0.3) is 0 Å². The van der Waals surface area contributed by atoms with Crippen molar-refractivity contribution in [3.05, 3.63) is 55.8 Å². The van der Waals surface area contributed by atoms with Crippen LogP contribution >= 0.6 is 27.3 Å². The molecule has 0 radical (unpaired) electrons. The number of nitrogens with one attached hydrogen (secondary N) is 3. The fourth-order valence-corrected chi connectivity index (χ4v) is 4.50. The van der Waals surface area contributed by atoms with Gasteiger partial charge >= 0.3 is 12.0 Å². The zero-order valence-electron chi connectivity index (χ0n) is 18.8. The molecular formula is C22H25BrN4O6S. The molecule has 2 heterocycles. The van der Waals surface area contributed by atoms with E-state index in [1.54, 1.807) is 31.3 Å². The Morgan fingerprint density at radius 3 is 2.79 bits per heavy atom. The molecule has 4 N–H and O–H groups in total. The highest BCUT2D eigenvalue weighted by atomic mass is 79.9. The summed E-state index contributed by atoms with van der Waals surface area (Å²) in [5.74, 6) is 0.227. The van der Waals surface area contributed by atoms with Gasteiger partial charge in [-0.2, -0.15) is 5.10 Å². The van der Waals surface area contributed by atoms with Gasteiger partial charge in [0.1, 0.15) is 6.61 Å². The van der Waals surface area contributed by atoms with E-state index in [9.17, 15) is 14.7 Å². The van der Waals surface area contributed by atoms with Crippen LogP contribution in [0.3, 0.4) is 0 Å². The van der Waals surface area contributed by atoms with Gasteiger partial charge in [-0.1, -0.05) is 6.07 Å². The van der Waals surface area contributed by atoms with Gasteiger partial charge in [-0.05, 0) is 59.6 Å². The molecule has 0 unspecified atom stereocenters. The number of benzene rings is 1. The molecule has 0 fully saturated rings. The van der Waals surface area contributed by atoms with E-state index in [0.29, 0.717) is 29.4 Å². The monoisotopic (exact) mass is 552 g/mol. The summed E-state index contributed by atoms with van der Waals surface area (Å²) in [6, 6.07) is 7.68. The first kappa shape index (κ1) is 25.5. The molecule has 182 valence electrons. The number of amides is 2. The number of aliphatic hydroxyl groups excluding tert-OH is 1. The summed E-state index contributed by atoms with van der Waals surface area (Å²) >= 11 is 4.89. The van der Waals surface area contributed by atoms with Gasteiger partial charge in [-0.15, -0.1) is 11.3 Å². The second-order valence-electron chi connectivity index (χ2n) is 7.06. The van der Waals surface area contributed by atoms with Crippen LogP contribution < -0.4 is 25.5 Å². The van der Waals surface area contributed by atoms with E-state index in [1.165, 1.54) is 18.4 Å². The molecule has 0 saturated heterocycles. The Kier molecular flexibility index (Phi) is 8.91. The van der Waals surface area contributed by atoms with Crippen LogP contribution in [0.4, 0.5) is 4.79 Å². The second kappa shape index (κ2) is 11.9.